The highest BCUT2D eigenvalue weighted by Crippen LogP contribution is 2.11. The predicted molar refractivity (Wildman–Crippen MR) is 90.5 cm³/mol. The number of carbonyl (C=O) groups is 3. The van der Waals surface area contributed by atoms with Crippen LogP contribution >= 0.6 is 15.9 Å². The van der Waals surface area contributed by atoms with Gasteiger partial charge in [0.25, 0.3) is 11.8 Å². The Hall–Kier alpha value is -2.81. The Morgan fingerprint density at radius 3 is 2.58 bits per heavy atom. The summed E-state index contributed by atoms with van der Waals surface area (Å²) in [5.74, 6) is -1.02. The van der Waals surface area contributed by atoms with E-state index in [1.54, 1.807) is 37.4 Å². The smallest absolute Gasteiger partial charge is 0.411 e. The monoisotopic (exact) mass is 394 g/mol. The van der Waals surface area contributed by atoms with E-state index in [4.69, 9.17) is 4.74 Å². The Kier molecular flexibility index (Phi) is 5.96. The number of anilines is 1. The second kappa shape index (κ2) is 8.16. The largest absolute Gasteiger partial charge is 0.450 e. The lowest BCUT2D eigenvalue weighted by molar-refractivity contribution is 0.0844. The number of hydrogen-bond donors (Lipinski definition) is 4. The number of benzene rings is 1. The Balaban J connectivity index is 1.94. The SMILES string of the molecule is CCOC(=O)Nc1cccc(C(=O)NNC(=O)c2cc(Br)c[nH]2)c1. The molecule has 0 bridgehead atoms. The van der Waals surface area contributed by atoms with E-state index in [1.165, 1.54) is 6.07 Å². The van der Waals surface area contributed by atoms with Crippen LogP contribution in [0.15, 0.2) is 41.0 Å². The van der Waals surface area contributed by atoms with Crippen molar-refractivity contribution in [1.29, 1.82) is 0 Å². The average Bonchev–Trinajstić information content (AvgIpc) is 2.99. The van der Waals surface area contributed by atoms with Crippen molar-refractivity contribution in [2.24, 2.45) is 0 Å². The molecule has 1 aromatic carbocycles. The van der Waals surface area contributed by atoms with Crippen LogP contribution in [-0.4, -0.2) is 29.5 Å². The molecule has 2 rings (SSSR count). The van der Waals surface area contributed by atoms with Crippen LogP contribution in [0.3, 0.4) is 0 Å². The number of hydrogen-bond acceptors (Lipinski definition) is 4. The van der Waals surface area contributed by atoms with Crippen LogP contribution in [0, 0.1) is 0 Å². The average molecular weight is 395 g/mol. The normalized spacial score (nSPS) is 9.92. The van der Waals surface area contributed by atoms with Gasteiger partial charge in [0, 0.05) is 21.9 Å². The molecule has 1 aromatic heterocycles. The molecular formula is C15H15BrN4O4. The van der Waals surface area contributed by atoms with E-state index in [2.05, 4.69) is 37.1 Å². The summed E-state index contributed by atoms with van der Waals surface area (Å²) >= 11 is 3.21. The third kappa shape index (κ3) is 4.85. The molecule has 0 spiro atoms. The lowest BCUT2D eigenvalue weighted by atomic mass is 10.2. The number of aromatic amines is 1. The summed E-state index contributed by atoms with van der Waals surface area (Å²) in [6, 6.07) is 7.79. The molecule has 0 aliphatic carbocycles. The maximum Gasteiger partial charge on any atom is 0.411 e. The Bertz CT molecular complexity index is 759. The van der Waals surface area contributed by atoms with Gasteiger partial charge in [-0.1, -0.05) is 6.07 Å². The van der Waals surface area contributed by atoms with E-state index < -0.39 is 17.9 Å². The van der Waals surface area contributed by atoms with Crippen molar-refractivity contribution in [2.45, 2.75) is 6.92 Å². The minimum absolute atomic E-state index is 0.243. The molecule has 0 aliphatic heterocycles. The van der Waals surface area contributed by atoms with Crippen LogP contribution in [0.4, 0.5) is 10.5 Å². The molecule has 126 valence electrons. The van der Waals surface area contributed by atoms with Gasteiger partial charge in [0.2, 0.25) is 0 Å². The summed E-state index contributed by atoms with van der Waals surface area (Å²) in [6.45, 7) is 1.93. The van der Waals surface area contributed by atoms with Gasteiger partial charge in [0.1, 0.15) is 5.69 Å². The lowest BCUT2D eigenvalue weighted by Gasteiger charge is -2.09. The molecule has 0 unspecified atom stereocenters. The third-order valence-corrected chi connectivity index (χ3v) is 3.29. The summed E-state index contributed by atoms with van der Waals surface area (Å²) < 4.78 is 5.48. The molecule has 9 heteroatoms. The van der Waals surface area contributed by atoms with Crippen LogP contribution in [0.5, 0.6) is 0 Å². The molecule has 1 heterocycles. The topological polar surface area (TPSA) is 112 Å². The first-order chi connectivity index (χ1) is 11.5. The number of carbonyl (C=O) groups excluding carboxylic acids is 3. The Morgan fingerprint density at radius 1 is 1.17 bits per heavy atom. The van der Waals surface area contributed by atoms with Gasteiger partial charge in [0.05, 0.1) is 6.61 Å². The molecule has 0 saturated carbocycles. The zero-order valence-electron chi connectivity index (χ0n) is 12.7. The van der Waals surface area contributed by atoms with Gasteiger partial charge in [-0.15, -0.1) is 0 Å². The van der Waals surface area contributed by atoms with E-state index in [0.717, 1.165) is 4.47 Å². The third-order valence-electron chi connectivity index (χ3n) is 2.83. The zero-order chi connectivity index (χ0) is 17.5. The molecule has 24 heavy (non-hydrogen) atoms. The van der Waals surface area contributed by atoms with E-state index in [-0.39, 0.29) is 12.2 Å². The predicted octanol–water partition coefficient (Wildman–Crippen LogP) is 2.42. The maximum absolute atomic E-state index is 12.1. The number of aromatic nitrogens is 1. The fourth-order valence-corrected chi connectivity index (χ4v) is 2.12. The van der Waals surface area contributed by atoms with Crippen LogP contribution in [0.1, 0.15) is 27.8 Å². The van der Waals surface area contributed by atoms with E-state index in [9.17, 15) is 14.4 Å². The molecule has 0 fully saturated rings. The minimum Gasteiger partial charge on any atom is -0.450 e. The van der Waals surface area contributed by atoms with Gasteiger partial charge in [-0.25, -0.2) is 4.79 Å². The van der Waals surface area contributed by atoms with Crippen molar-refractivity contribution < 1.29 is 19.1 Å². The van der Waals surface area contributed by atoms with Gasteiger partial charge >= 0.3 is 6.09 Å². The van der Waals surface area contributed by atoms with Crippen LogP contribution < -0.4 is 16.2 Å². The standard InChI is InChI=1S/C15H15BrN4O4/c1-2-24-15(23)18-11-5-3-4-9(6-11)13(21)19-20-14(22)12-7-10(16)8-17-12/h3-8,17H,2H2,1H3,(H,18,23)(H,19,21)(H,20,22). The molecule has 3 amide bonds. The number of amides is 3. The summed E-state index contributed by atoms with van der Waals surface area (Å²) in [7, 11) is 0. The highest BCUT2D eigenvalue weighted by molar-refractivity contribution is 9.10. The number of rotatable bonds is 4. The second-order valence-corrected chi connectivity index (χ2v) is 5.48. The second-order valence-electron chi connectivity index (χ2n) is 4.57. The van der Waals surface area contributed by atoms with Crippen molar-refractivity contribution >= 4 is 39.5 Å². The minimum atomic E-state index is -0.610. The number of nitrogens with one attached hydrogen (secondary N) is 4. The van der Waals surface area contributed by atoms with Crippen molar-refractivity contribution in [3.63, 3.8) is 0 Å². The lowest BCUT2D eigenvalue weighted by Crippen LogP contribution is -2.41. The van der Waals surface area contributed by atoms with Gasteiger partial charge in [-0.2, -0.15) is 0 Å². The number of H-pyrrole nitrogens is 1. The molecule has 4 N–H and O–H groups in total. The summed E-state index contributed by atoms with van der Waals surface area (Å²) in [6.07, 6.45) is 0.988. The Labute approximate surface area is 146 Å². The fraction of sp³-hybridized carbons (Fsp3) is 0.133. The molecular weight excluding hydrogens is 380 g/mol. The fourth-order valence-electron chi connectivity index (χ4n) is 1.78. The first-order valence-electron chi connectivity index (χ1n) is 6.98. The summed E-state index contributed by atoms with van der Waals surface area (Å²) in [4.78, 5) is 38.0. The van der Waals surface area contributed by atoms with Crippen molar-refractivity contribution in [1.82, 2.24) is 15.8 Å². The van der Waals surface area contributed by atoms with E-state index >= 15 is 0 Å². The first kappa shape index (κ1) is 17.5. The molecule has 0 aliphatic rings. The van der Waals surface area contributed by atoms with Gasteiger partial charge < -0.3 is 9.72 Å². The summed E-state index contributed by atoms with van der Waals surface area (Å²) in [5, 5.41) is 2.49. The highest BCUT2D eigenvalue weighted by atomic mass is 79.9. The molecule has 8 nitrogen and oxygen atoms in total. The molecule has 0 radical (unpaired) electrons. The first-order valence-corrected chi connectivity index (χ1v) is 7.77. The summed E-state index contributed by atoms with van der Waals surface area (Å²) in [5.41, 5.74) is 5.54. The zero-order valence-corrected chi connectivity index (χ0v) is 14.3. The van der Waals surface area contributed by atoms with Crippen LogP contribution in [-0.2, 0) is 4.74 Å². The molecule has 2 aromatic rings. The Morgan fingerprint density at radius 2 is 1.92 bits per heavy atom. The number of hydrazine groups is 1. The van der Waals surface area contributed by atoms with E-state index in [1.807, 2.05) is 0 Å². The van der Waals surface area contributed by atoms with Gasteiger partial charge in [-0.05, 0) is 47.1 Å². The van der Waals surface area contributed by atoms with Gasteiger partial charge in [-0.3, -0.25) is 25.8 Å². The highest BCUT2D eigenvalue weighted by Gasteiger charge is 2.11. The van der Waals surface area contributed by atoms with Crippen LogP contribution in [0.25, 0.3) is 0 Å². The molecule has 0 atom stereocenters. The number of halogens is 1. The van der Waals surface area contributed by atoms with Crippen molar-refractivity contribution in [3.05, 3.63) is 52.3 Å². The van der Waals surface area contributed by atoms with Crippen molar-refractivity contribution in [2.75, 3.05) is 11.9 Å². The van der Waals surface area contributed by atoms with Crippen LogP contribution in [0.2, 0.25) is 0 Å². The molecule has 0 saturated heterocycles. The van der Waals surface area contributed by atoms with E-state index in [0.29, 0.717) is 11.4 Å². The maximum atomic E-state index is 12.1. The van der Waals surface area contributed by atoms with Crippen molar-refractivity contribution in [3.8, 4) is 0 Å². The number of ether oxygens (including phenoxy) is 1. The quantitative estimate of drug-likeness (QED) is 0.596. The van der Waals surface area contributed by atoms with Gasteiger partial charge in [0.15, 0.2) is 0 Å².